The van der Waals surface area contributed by atoms with Crippen molar-refractivity contribution in [3.05, 3.63) is 41.7 Å². The lowest BCUT2D eigenvalue weighted by molar-refractivity contribution is 0.557. The van der Waals surface area contributed by atoms with Crippen LogP contribution in [0.5, 0.6) is 0 Å². The molecule has 0 aliphatic rings. The largest absolute Gasteiger partial charge is 0.262 e. The summed E-state index contributed by atoms with van der Waals surface area (Å²) in [6.45, 7) is 3.18. The topological polar surface area (TPSA) is 87.7 Å². The molecule has 0 saturated heterocycles. The van der Waals surface area contributed by atoms with Gasteiger partial charge in [-0.2, -0.15) is 5.10 Å². The molecule has 2 aromatic rings. The van der Waals surface area contributed by atoms with Crippen molar-refractivity contribution in [1.82, 2.24) is 19.9 Å². The van der Waals surface area contributed by atoms with Crippen molar-refractivity contribution in [3.8, 4) is 0 Å². The fourth-order valence-corrected chi connectivity index (χ4v) is 2.74. The van der Waals surface area contributed by atoms with Crippen LogP contribution in [-0.2, 0) is 10.0 Å². The Hall–Kier alpha value is -1.80. The van der Waals surface area contributed by atoms with Gasteiger partial charge in [-0.15, -0.1) is 0 Å². The smallest absolute Gasteiger partial charge is 0.241 e. The lowest BCUT2D eigenvalue weighted by Gasteiger charge is -2.12. The highest BCUT2D eigenvalue weighted by molar-refractivity contribution is 7.89. The van der Waals surface area contributed by atoms with Gasteiger partial charge in [0.2, 0.25) is 10.0 Å². The summed E-state index contributed by atoms with van der Waals surface area (Å²) in [5.74, 6) is -0.175. The second kappa shape index (κ2) is 5.06. The van der Waals surface area contributed by atoms with Gasteiger partial charge in [-0.3, -0.25) is 5.10 Å². The van der Waals surface area contributed by atoms with Crippen LogP contribution in [-0.4, -0.2) is 23.6 Å². The number of aromatic amines is 1. The maximum Gasteiger partial charge on any atom is 0.241 e. The van der Waals surface area contributed by atoms with Crippen LogP contribution in [0, 0.1) is 12.7 Å². The van der Waals surface area contributed by atoms with Gasteiger partial charge < -0.3 is 0 Å². The molecule has 1 aromatic carbocycles. The summed E-state index contributed by atoms with van der Waals surface area (Å²) in [4.78, 5) is 3.73. The fourth-order valence-electron chi connectivity index (χ4n) is 1.52. The van der Waals surface area contributed by atoms with Gasteiger partial charge in [0.15, 0.2) is 0 Å². The number of nitrogens with one attached hydrogen (secondary N) is 2. The molecule has 19 heavy (non-hydrogen) atoms. The molecule has 2 rings (SSSR count). The Labute approximate surface area is 110 Å². The molecule has 6 nitrogen and oxygen atoms in total. The number of benzene rings is 1. The Kier molecular flexibility index (Phi) is 3.63. The minimum Gasteiger partial charge on any atom is -0.262 e. The molecule has 0 fully saturated rings. The molecule has 0 aliphatic heterocycles. The first-order valence-electron chi connectivity index (χ1n) is 5.54. The summed E-state index contributed by atoms with van der Waals surface area (Å²) in [5.41, 5.74) is 0.391. The zero-order valence-electron chi connectivity index (χ0n) is 10.4. The van der Waals surface area contributed by atoms with Crippen LogP contribution >= 0.6 is 0 Å². The molecule has 0 radical (unpaired) electrons. The van der Waals surface area contributed by atoms with E-state index in [4.69, 9.17) is 0 Å². The van der Waals surface area contributed by atoms with Crippen molar-refractivity contribution < 1.29 is 12.8 Å². The highest BCUT2D eigenvalue weighted by Gasteiger charge is 2.20. The van der Waals surface area contributed by atoms with Crippen molar-refractivity contribution in [2.75, 3.05) is 0 Å². The SMILES string of the molecule is Cc1ccc(S(=O)(=O)NC(C)c2ncn[nH]2)cc1F. The van der Waals surface area contributed by atoms with Crippen molar-refractivity contribution in [1.29, 1.82) is 0 Å². The third-order valence-electron chi connectivity index (χ3n) is 2.63. The normalized spacial score (nSPS) is 13.4. The Morgan fingerprint density at radius 1 is 1.42 bits per heavy atom. The van der Waals surface area contributed by atoms with Crippen LogP contribution in [0.25, 0.3) is 0 Å². The molecule has 0 aliphatic carbocycles. The van der Waals surface area contributed by atoms with E-state index in [0.29, 0.717) is 11.4 Å². The average molecular weight is 284 g/mol. The van der Waals surface area contributed by atoms with Crippen LogP contribution in [0.15, 0.2) is 29.4 Å². The van der Waals surface area contributed by atoms with Crippen molar-refractivity contribution in [2.24, 2.45) is 0 Å². The molecule has 0 spiro atoms. The summed E-state index contributed by atoms with van der Waals surface area (Å²) >= 11 is 0. The van der Waals surface area contributed by atoms with E-state index in [9.17, 15) is 12.8 Å². The molecule has 1 heterocycles. The summed E-state index contributed by atoms with van der Waals surface area (Å²) in [6, 6.07) is 3.18. The van der Waals surface area contributed by atoms with Gasteiger partial charge in [0.05, 0.1) is 10.9 Å². The van der Waals surface area contributed by atoms with Crippen molar-refractivity contribution in [3.63, 3.8) is 0 Å². The van der Waals surface area contributed by atoms with Crippen LogP contribution in [0.4, 0.5) is 4.39 Å². The highest BCUT2D eigenvalue weighted by Crippen LogP contribution is 2.16. The average Bonchev–Trinajstić information content (AvgIpc) is 2.85. The zero-order chi connectivity index (χ0) is 14.0. The Morgan fingerprint density at radius 2 is 2.16 bits per heavy atom. The van der Waals surface area contributed by atoms with Gasteiger partial charge in [-0.25, -0.2) is 22.5 Å². The van der Waals surface area contributed by atoms with E-state index in [2.05, 4.69) is 19.9 Å². The van der Waals surface area contributed by atoms with Crippen LogP contribution in [0.1, 0.15) is 24.4 Å². The minimum atomic E-state index is -3.80. The lowest BCUT2D eigenvalue weighted by Crippen LogP contribution is -2.27. The van der Waals surface area contributed by atoms with E-state index in [1.54, 1.807) is 13.8 Å². The lowest BCUT2D eigenvalue weighted by atomic mass is 10.2. The molecule has 0 bridgehead atoms. The molecular weight excluding hydrogens is 271 g/mol. The van der Waals surface area contributed by atoms with Crippen LogP contribution < -0.4 is 4.72 Å². The number of hydrogen-bond donors (Lipinski definition) is 2. The predicted octanol–water partition coefficient (Wildman–Crippen LogP) is 1.29. The standard InChI is InChI=1S/C11H13FN4O2S/c1-7-3-4-9(5-10(7)12)19(17,18)16-8(2)11-13-6-14-15-11/h3-6,8,16H,1-2H3,(H,13,14,15). The summed E-state index contributed by atoms with van der Waals surface area (Å²) in [7, 11) is -3.80. The number of aromatic nitrogens is 3. The molecule has 0 saturated carbocycles. The molecule has 1 aromatic heterocycles. The van der Waals surface area contributed by atoms with Crippen LogP contribution in [0.2, 0.25) is 0 Å². The van der Waals surface area contributed by atoms with E-state index in [1.807, 2.05) is 0 Å². The van der Waals surface area contributed by atoms with Gasteiger partial charge in [-0.1, -0.05) is 6.07 Å². The number of sulfonamides is 1. The van der Waals surface area contributed by atoms with Gasteiger partial charge in [-0.05, 0) is 31.5 Å². The molecule has 102 valence electrons. The monoisotopic (exact) mass is 284 g/mol. The second-order valence-corrected chi connectivity index (χ2v) is 5.84. The zero-order valence-corrected chi connectivity index (χ0v) is 11.2. The number of hydrogen-bond acceptors (Lipinski definition) is 4. The van der Waals surface area contributed by atoms with Gasteiger partial charge in [0.25, 0.3) is 0 Å². The summed E-state index contributed by atoms with van der Waals surface area (Å²) < 4.78 is 39.9. The van der Waals surface area contributed by atoms with Crippen molar-refractivity contribution in [2.45, 2.75) is 24.8 Å². The maximum atomic E-state index is 13.4. The molecule has 1 unspecified atom stereocenters. The Bertz CT molecular complexity index is 670. The van der Waals surface area contributed by atoms with E-state index in [-0.39, 0.29) is 4.90 Å². The number of aryl methyl sites for hydroxylation is 1. The number of H-pyrrole nitrogens is 1. The molecule has 1 atom stereocenters. The molecule has 2 N–H and O–H groups in total. The Balaban J connectivity index is 2.25. The molecular formula is C11H13FN4O2S. The first kappa shape index (κ1) is 13.6. The minimum absolute atomic E-state index is 0.123. The number of rotatable bonds is 4. The van der Waals surface area contributed by atoms with Crippen molar-refractivity contribution >= 4 is 10.0 Å². The van der Waals surface area contributed by atoms with E-state index >= 15 is 0 Å². The molecule has 0 amide bonds. The quantitative estimate of drug-likeness (QED) is 0.885. The van der Waals surface area contributed by atoms with Crippen LogP contribution in [0.3, 0.4) is 0 Å². The first-order chi connectivity index (χ1) is 8.90. The maximum absolute atomic E-state index is 13.4. The predicted molar refractivity (Wildman–Crippen MR) is 66.3 cm³/mol. The second-order valence-electron chi connectivity index (χ2n) is 4.12. The number of nitrogens with zero attached hydrogens (tertiary/aromatic N) is 2. The highest BCUT2D eigenvalue weighted by atomic mass is 32.2. The first-order valence-corrected chi connectivity index (χ1v) is 7.02. The van der Waals surface area contributed by atoms with E-state index in [0.717, 1.165) is 6.07 Å². The van der Waals surface area contributed by atoms with Gasteiger partial charge in [0, 0.05) is 0 Å². The Morgan fingerprint density at radius 3 is 2.74 bits per heavy atom. The van der Waals surface area contributed by atoms with E-state index < -0.39 is 21.9 Å². The molecule has 8 heteroatoms. The van der Waals surface area contributed by atoms with Gasteiger partial charge in [0.1, 0.15) is 18.0 Å². The third-order valence-corrected chi connectivity index (χ3v) is 4.17. The summed E-state index contributed by atoms with van der Waals surface area (Å²) in [5, 5.41) is 6.21. The van der Waals surface area contributed by atoms with Gasteiger partial charge >= 0.3 is 0 Å². The van der Waals surface area contributed by atoms with E-state index in [1.165, 1.54) is 18.5 Å². The third kappa shape index (κ3) is 2.96. The fraction of sp³-hybridized carbons (Fsp3) is 0.273. The number of halogens is 1. The summed E-state index contributed by atoms with van der Waals surface area (Å²) in [6.07, 6.45) is 1.28.